The molecule has 6 heteroatoms. The molecule has 4 N–H and O–H groups in total. The number of hydrogen-bond donors (Lipinski definition) is 2. The number of guanidine groups is 1. The van der Waals surface area contributed by atoms with Gasteiger partial charge in [0.1, 0.15) is 5.75 Å². The van der Waals surface area contributed by atoms with Crippen molar-refractivity contribution in [1.29, 1.82) is 0 Å². The first-order valence-electron chi connectivity index (χ1n) is 5.17. The van der Waals surface area contributed by atoms with Crippen LogP contribution in [0.4, 0.5) is 0 Å². The molecule has 92 valence electrons. The van der Waals surface area contributed by atoms with Crippen LogP contribution in [0.3, 0.4) is 0 Å². The zero-order valence-electron chi connectivity index (χ0n) is 9.56. The Balaban J connectivity index is 2.90. The third-order valence-electron chi connectivity index (χ3n) is 1.80. The molecule has 5 nitrogen and oxygen atoms in total. The summed E-state index contributed by atoms with van der Waals surface area (Å²) >= 11 is 3.38. The predicted octanol–water partition coefficient (Wildman–Crippen LogP) is 1.85. The maximum atomic E-state index is 5.58. The van der Waals surface area contributed by atoms with Crippen molar-refractivity contribution in [1.82, 2.24) is 0 Å². The van der Waals surface area contributed by atoms with Gasteiger partial charge in [-0.3, -0.25) is 0 Å². The second kappa shape index (κ2) is 6.90. The van der Waals surface area contributed by atoms with Gasteiger partial charge in [0.15, 0.2) is 0 Å². The average Bonchev–Trinajstić information content (AvgIpc) is 2.27. The molecule has 0 amide bonds. The summed E-state index contributed by atoms with van der Waals surface area (Å²) in [7, 11) is 0. The molecule has 0 fully saturated rings. The molecule has 0 unspecified atom stereocenters. The highest BCUT2D eigenvalue weighted by atomic mass is 79.9. The Morgan fingerprint density at radius 1 is 1.47 bits per heavy atom. The van der Waals surface area contributed by atoms with E-state index < -0.39 is 0 Å². The Morgan fingerprint density at radius 3 is 2.88 bits per heavy atom. The lowest BCUT2D eigenvalue weighted by molar-refractivity contribution is 0.317. The van der Waals surface area contributed by atoms with Gasteiger partial charge in [-0.15, -0.1) is 5.10 Å². The number of hydrogen-bond acceptors (Lipinski definition) is 3. The van der Waals surface area contributed by atoms with E-state index in [0.29, 0.717) is 6.61 Å². The monoisotopic (exact) mass is 298 g/mol. The van der Waals surface area contributed by atoms with Crippen LogP contribution in [0.1, 0.15) is 18.9 Å². The van der Waals surface area contributed by atoms with Crippen molar-refractivity contribution in [3.05, 3.63) is 28.2 Å². The summed E-state index contributed by atoms with van der Waals surface area (Å²) in [6, 6.07) is 5.66. The van der Waals surface area contributed by atoms with Crippen molar-refractivity contribution in [2.75, 3.05) is 6.61 Å². The van der Waals surface area contributed by atoms with Crippen LogP contribution < -0.4 is 16.2 Å². The normalized spacial score (nSPS) is 10.5. The van der Waals surface area contributed by atoms with Crippen molar-refractivity contribution in [2.24, 2.45) is 21.7 Å². The Morgan fingerprint density at radius 2 is 2.24 bits per heavy atom. The van der Waals surface area contributed by atoms with Crippen molar-refractivity contribution in [2.45, 2.75) is 13.3 Å². The van der Waals surface area contributed by atoms with E-state index in [9.17, 15) is 0 Å². The first kappa shape index (κ1) is 13.5. The van der Waals surface area contributed by atoms with E-state index in [-0.39, 0.29) is 5.96 Å². The number of halogens is 1. The van der Waals surface area contributed by atoms with Gasteiger partial charge in [0.05, 0.1) is 12.8 Å². The molecule has 0 heterocycles. The Kier molecular flexibility index (Phi) is 5.48. The molecule has 0 radical (unpaired) electrons. The van der Waals surface area contributed by atoms with Gasteiger partial charge in [0.25, 0.3) is 0 Å². The third kappa shape index (κ3) is 4.86. The first-order chi connectivity index (χ1) is 8.13. The molecule has 0 aliphatic heterocycles. The fourth-order valence-corrected chi connectivity index (χ4v) is 1.50. The number of nitrogens with zero attached hydrogens (tertiary/aromatic N) is 2. The quantitative estimate of drug-likeness (QED) is 0.494. The van der Waals surface area contributed by atoms with E-state index >= 15 is 0 Å². The van der Waals surface area contributed by atoms with Gasteiger partial charge >= 0.3 is 0 Å². The number of benzene rings is 1. The van der Waals surface area contributed by atoms with Crippen LogP contribution in [0.5, 0.6) is 5.75 Å². The molecule has 17 heavy (non-hydrogen) atoms. The van der Waals surface area contributed by atoms with Crippen LogP contribution in [-0.2, 0) is 0 Å². The lowest BCUT2D eigenvalue weighted by atomic mass is 10.2. The van der Waals surface area contributed by atoms with Gasteiger partial charge in [-0.25, -0.2) is 0 Å². The minimum absolute atomic E-state index is 0.0766. The van der Waals surface area contributed by atoms with E-state index in [4.69, 9.17) is 16.2 Å². The SMILES string of the molecule is CCCOc1ccc(Br)cc1/C=N\N=C(N)N. The maximum absolute atomic E-state index is 5.58. The highest BCUT2D eigenvalue weighted by molar-refractivity contribution is 9.10. The van der Waals surface area contributed by atoms with Crippen LogP contribution in [0.25, 0.3) is 0 Å². The minimum atomic E-state index is -0.0766. The van der Waals surface area contributed by atoms with E-state index in [2.05, 4.69) is 26.1 Å². The molecule has 0 atom stereocenters. The van der Waals surface area contributed by atoms with Gasteiger partial charge in [-0.2, -0.15) is 5.10 Å². The van der Waals surface area contributed by atoms with Crippen LogP contribution in [0.15, 0.2) is 32.9 Å². The van der Waals surface area contributed by atoms with Gasteiger partial charge in [-0.1, -0.05) is 22.9 Å². The highest BCUT2D eigenvalue weighted by Gasteiger charge is 2.02. The standard InChI is InChI=1S/C11H15BrN4O/c1-2-5-17-10-4-3-9(12)6-8(10)7-15-16-11(13)14/h3-4,6-7H,2,5H2,1H3,(H4,13,14,16)/b15-7-. The zero-order valence-corrected chi connectivity index (χ0v) is 11.1. The molecular weight excluding hydrogens is 284 g/mol. The summed E-state index contributed by atoms with van der Waals surface area (Å²) in [6.07, 6.45) is 2.50. The van der Waals surface area contributed by atoms with Crippen molar-refractivity contribution in [3.8, 4) is 5.75 Å². The molecule has 0 saturated heterocycles. The smallest absolute Gasteiger partial charge is 0.211 e. The molecular formula is C11H15BrN4O. The Labute approximate surface area is 109 Å². The van der Waals surface area contributed by atoms with Crippen LogP contribution in [0, 0.1) is 0 Å². The summed E-state index contributed by atoms with van der Waals surface area (Å²) in [5.74, 6) is 0.678. The molecule has 0 aliphatic rings. The summed E-state index contributed by atoms with van der Waals surface area (Å²) in [5, 5.41) is 7.30. The zero-order chi connectivity index (χ0) is 12.7. The summed E-state index contributed by atoms with van der Waals surface area (Å²) in [6.45, 7) is 2.71. The van der Waals surface area contributed by atoms with Gasteiger partial charge in [-0.05, 0) is 24.6 Å². The molecule has 1 aromatic rings. The highest BCUT2D eigenvalue weighted by Crippen LogP contribution is 2.22. The average molecular weight is 299 g/mol. The number of rotatable bonds is 5. The molecule has 0 aromatic heterocycles. The van der Waals surface area contributed by atoms with E-state index in [0.717, 1.165) is 22.2 Å². The van der Waals surface area contributed by atoms with Gasteiger partial charge < -0.3 is 16.2 Å². The summed E-state index contributed by atoms with van der Waals surface area (Å²) < 4.78 is 6.51. The molecule has 1 rings (SSSR count). The molecule has 0 bridgehead atoms. The topological polar surface area (TPSA) is 86.0 Å². The molecule has 0 saturated carbocycles. The largest absolute Gasteiger partial charge is 0.493 e. The molecule has 0 spiro atoms. The second-order valence-electron chi connectivity index (χ2n) is 3.30. The van der Waals surface area contributed by atoms with Gasteiger partial charge in [0.2, 0.25) is 5.96 Å². The van der Waals surface area contributed by atoms with Gasteiger partial charge in [0, 0.05) is 10.0 Å². The van der Waals surface area contributed by atoms with E-state index in [1.165, 1.54) is 0 Å². The number of nitrogens with two attached hydrogens (primary N) is 2. The summed E-state index contributed by atoms with van der Waals surface area (Å²) in [5.41, 5.74) is 11.2. The third-order valence-corrected chi connectivity index (χ3v) is 2.30. The van der Waals surface area contributed by atoms with Crippen LogP contribution in [-0.4, -0.2) is 18.8 Å². The van der Waals surface area contributed by atoms with Crippen LogP contribution >= 0.6 is 15.9 Å². The summed E-state index contributed by atoms with van der Waals surface area (Å²) in [4.78, 5) is 0. The Bertz CT molecular complexity index is 427. The minimum Gasteiger partial charge on any atom is -0.493 e. The van der Waals surface area contributed by atoms with Crippen molar-refractivity contribution < 1.29 is 4.74 Å². The predicted molar refractivity (Wildman–Crippen MR) is 73.3 cm³/mol. The Hall–Kier alpha value is -1.56. The van der Waals surface area contributed by atoms with Crippen molar-refractivity contribution in [3.63, 3.8) is 0 Å². The number of ether oxygens (including phenoxy) is 1. The molecule has 0 aliphatic carbocycles. The lowest BCUT2D eigenvalue weighted by Crippen LogP contribution is -2.21. The first-order valence-corrected chi connectivity index (χ1v) is 5.97. The van der Waals surface area contributed by atoms with E-state index in [1.807, 2.05) is 25.1 Å². The fourth-order valence-electron chi connectivity index (χ4n) is 1.12. The maximum Gasteiger partial charge on any atom is 0.211 e. The van der Waals surface area contributed by atoms with E-state index in [1.54, 1.807) is 6.21 Å². The lowest BCUT2D eigenvalue weighted by Gasteiger charge is -2.07. The van der Waals surface area contributed by atoms with Crippen LogP contribution in [0.2, 0.25) is 0 Å². The second-order valence-corrected chi connectivity index (χ2v) is 4.22. The van der Waals surface area contributed by atoms with Crippen molar-refractivity contribution >= 4 is 28.1 Å². The molecule has 1 aromatic carbocycles. The fraction of sp³-hybridized carbons (Fsp3) is 0.273.